The third-order valence-electron chi connectivity index (χ3n) is 4.60. The van der Waals surface area contributed by atoms with Crippen LogP contribution < -0.4 is 5.32 Å². The highest BCUT2D eigenvalue weighted by molar-refractivity contribution is 7.89. The van der Waals surface area contributed by atoms with E-state index in [1.807, 2.05) is 0 Å². The lowest BCUT2D eigenvalue weighted by molar-refractivity contribution is -0.135. The van der Waals surface area contributed by atoms with Crippen LogP contribution in [0.25, 0.3) is 0 Å². The zero-order chi connectivity index (χ0) is 18.2. The molecular weight excluding hydrogens is 349 g/mol. The summed E-state index contributed by atoms with van der Waals surface area (Å²) in [7, 11) is -3.73. The van der Waals surface area contributed by atoms with Crippen LogP contribution in [0.4, 0.5) is 4.39 Å². The van der Waals surface area contributed by atoms with Crippen LogP contribution in [-0.2, 0) is 19.6 Å². The van der Waals surface area contributed by atoms with Crippen molar-refractivity contribution in [2.24, 2.45) is 0 Å². The minimum Gasteiger partial charge on any atom is -0.344 e. The highest BCUT2D eigenvalue weighted by Gasteiger charge is 2.35. The van der Waals surface area contributed by atoms with E-state index in [2.05, 4.69) is 5.32 Å². The number of carbonyl (C=O) groups excluding carboxylic acids is 2. The lowest BCUT2D eigenvalue weighted by Crippen LogP contribution is -2.54. The molecule has 1 N–H and O–H groups in total. The quantitative estimate of drug-likeness (QED) is 0.827. The van der Waals surface area contributed by atoms with Crippen molar-refractivity contribution >= 4 is 21.8 Å². The Morgan fingerprint density at radius 2 is 1.92 bits per heavy atom. The largest absolute Gasteiger partial charge is 0.344 e. The fraction of sp³-hybridized carbons (Fsp3) is 0.500. The second-order valence-corrected chi connectivity index (χ2v) is 8.20. The van der Waals surface area contributed by atoms with E-state index < -0.39 is 21.9 Å². The molecule has 2 fully saturated rings. The number of benzene rings is 1. The highest BCUT2D eigenvalue weighted by atomic mass is 32.2. The number of halogens is 1. The number of aryl methyl sites for hydroxylation is 1. The molecule has 1 aromatic carbocycles. The molecule has 0 saturated carbocycles. The summed E-state index contributed by atoms with van der Waals surface area (Å²) in [4.78, 5) is 25.3. The van der Waals surface area contributed by atoms with Crippen LogP contribution in [-0.4, -0.2) is 61.7 Å². The first-order valence-corrected chi connectivity index (χ1v) is 9.57. The van der Waals surface area contributed by atoms with Crippen molar-refractivity contribution in [1.82, 2.24) is 14.5 Å². The predicted molar refractivity (Wildman–Crippen MR) is 87.6 cm³/mol. The minimum atomic E-state index is -3.73. The maximum atomic E-state index is 13.2. The molecule has 1 unspecified atom stereocenters. The molecule has 7 nitrogen and oxygen atoms in total. The molecule has 2 amide bonds. The summed E-state index contributed by atoms with van der Waals surface area (Å²) in [5, 5.41) is 2.63. The van der Waals surface area contributed by atoms with E-state index in [0.29, 0.717) is 18.4 Å². The maximum absolute atomic E-state index is 13.2. The molecule has 1 atom stereocenters. The van der Waals surface area contributed by atoms with Gasteiger partial charge in [0.1, 0.15) is 11.9 Å². The van der Waals surface area contributed by atoms with Gasteiger partial charge in [-0.2, -0.15) is 4.31 Å². The number of amides is 2. The van der Waals surface area contributed by atoms with Crippen LogP contribution in [0.5, 0.6) is 0 Å². The Bertz CT molecular complexity index is 804. The van der Waals surface area contributed by atoms with Gasteiger partial charge in [-0.15, -0.1) is 0 Å². The summed E-state index contributed by atoms with van der Waals surface area (Å²) in [5.41, 5.74) is 0.354. The molecule has 0 aliphatic carbocycles. The standard InChI is InChI=1S/C16H20FN3O4S/c1-11-10-12(17)2-4-14(11)25(23,24)20-8-6-19(7-9-20)16(22)13-3-5-15(21)18-13/h2,4,10,13H,3,5-9H2,1H3,(H,18,21). The third kappa shape index (κ3) is 3.52. The van der Waals surface area contributed by atoms with Crippen LogP contribution in [0.15, 0.2) is 23.1 Å². The Labute approximate surface area is 145 Å². The van der Waals surface area contributed by atoms with Crippen LogP contribution in [0.1, 0.15) is 18.4 Å². The Hall–Kier alpha value is -2.00. The predicted octanol–water partition coefficient (Wildman–Crippen LogP) is 0.246. The van der Waals surface area contributed by atoms with Crippen molar-refractivity contribution in [2.45, 2.75) is 30.7 Å². The van der Waals surface area contributed by atoms with Gasteiger partial charge in [0, 0.05) is 32.6 Å². The van der Waals surface area contributed by atoms with E-state index in [1.165, 1.54) is 16.4 Å². The number of nitrogens with zero attached hydrogens (tertiary/aromatic N) is 2. The molecule has 25 heavy (non-hydrogen) atoms. The molecule has 0 spiro atoms. The maximum Gasteiger partial charge on any atom is 0.245 e. The van der Waals surface area contributed by atoms with Crippen LogP contribution in [0.3, 0.4) is 0 Å². The second kappa shape index (κ2) is 6.72. The van der Waals surface area contributed by atoms with E-state index >= 15 is 0 Å². The summed E-state index contributed by atoms with van der Waals surface area (Å²) in [6.07, 6.45) is 0.819. The molecule has 0 bridgehead atoms. The molecule has 1 aromatic rings. The van der Waals surface area contributed by atoms with E-state index in [1.54, 1.807) is 11.8 Å². The van der Waals surface area contributed by atoms with Gasteiger partial charge in [0.25, 0.3) is 0 Å². The monoisotopic (exact) mass is 369 g/mol. The Kier molecular flexibility index (Phi) is 4.79. The minimum absolute atomic E-state index is 0.0803. The number of sulfonamides is 1. The number of piperazine rings is 1. The molecule has 2 aliphatic heterocycles. The van der Waals surface area contributed by atoms with E-state index in [4.69, 9.17) is 0 Å². The van der Waals surface area contributed by atoms with Crippen molar-refractivity contribution in [1.29, 1.82) is 0 Å². The molecule has 2 heterocycles. The highest BCUT2D eigenvalue weighted by Crippen LogP contribution is 2.22. The number of rotatable bonds is 3. The van der Waals surface area contributed by atoms with Crippen molar-refractivity contribution in [3.8, 4) is 0 Å². The van der Waals surface area contributed by atoms with Gasteiger partial charge in [0.15, 0.2) is 0 Å². The lowest BCUT2D eigenvalue weighted by Gasteiger charge is -2.35. The van der Waals surface area contributed by atoms with Gasteiger partial charge in [-0.05, 0) is 37.1 Å². The number of hydrogen-bond donors (Lipinski definition) is 1. The Morgan fingerprint density at radius 1 is 1.24 bits per heavy atom. The summed E-state index contributed by atoms with van der Waals surface area (Å²) < 4.78 is 40.0. The first kappa shape index (κ1) is 17.8. The van der Waals surface area contributed by atoms with Gasteiger partial charge in [-0.25, -0.2) is 12.8 Å². The van der Waals surface area contributed by atoms with Gasteiger partial charge in [0.2, 0.25) is 21.8 Å². The number of nitrogens with one attached hydrogen (secondary N) is 1. The fourth-order valence-electron chi connectivity index (χ4n) is 3.21. The normalized spacial score (nSPS) is 22.1. The van der Waals surface area contributed by atoms with E-state index in [0.717, 1.165) is 6.07 Å². The van der Waals surface area contributed by atoms with Crippen LogP contribution in [0.2, 0.25) is 0 Å². The van der Waals surface area contributed by atoms with Crippen LogP contribution in [0, 0.1) is 12.7 Å². The van der Waals surface area contributed by atoms with Crippen molar-refractivity contribution in [2.75, 3.05) is 26.2 Å². The number of hydrogen-bond acceptors (Lipinski definition) is 4. The van der Waals surface area contributed by atoms with Crippen LogP contribution >= 0.6 is 0 Å². The van der Waals surface area contributed by atoms with Gasteiger partial charge in [-0.3, -0.25) is 9.59 Å². The first-order valence-electron chi connectivity index (χ1n) is 8.13. The molecule has 2 saturated heterocycles. The first-order chi connectivity index (χ1) is 11.8. The molecule has 2 aliphatic rings. The average molecular weight is 369 g/mol. The molecule has 3 rings (SSSR count). The zero-order valence-electron chi connectivity index (χ0n) is 13.9. The zero-order valence-corrected chi connectivity index (χ0v) is 14.7. The molecular formula is C16H20FN3O4S. The van der Waals surface area contributed by atoms with Crippen molar-refractivity contribution in [3.63, 3.8) is 0 Å². The number of carbonyl (C=O) groups is 2. The summed E-state index contributed by atoms with van der Waals surface area (Å²) in [5.74, 6) is -0.780. The van der Waals surface area contributed by atoms with Gasteiger partial charge >= 0.3 is 0 Å². The topological polar surface area (TPSA) is 86.8 Å². The van der Waals surface area contributed by atoms with Gasteiger partial charge in [-0.1, -0.05) is 0 Å². The lowest BCUT2D eigenvalue weighted by atomic mass is 10.2. The average Bonchev–Trinajstić information content (AvgIpc) is 3.00. The van der Waals surface area contributed by atoms with Crippen molar-refractivity contribution in [3.05, 3.63) is 29.6 Å². The molecule has 136 valence electrons. The SMILES string of the molecule is Cc1cc(F)ccc1S(=O)(=O)N1CCN(C(=O)C2CCC(=O)N2)CC1. The summed E-state index contributed by atoms with van der Waals surface area (Å²) in [6.45, 7) is 2.44. The molecule has 0 aromatic heterocycles. The smallest absolute Gasteiger partial charge is 0.245 e. The van der Waals surface area contributed by atoms with E-state index in [-0.39, 0.29) is 42.9 Å². The summed E-state index contributed by atoms with van der Waals surface area (Å²) in [6, 6.07) is 3.08. The molecule has 9 heteroatoms. The van der Waals surface area contributed by atoms with Gasteiger partial charge in [0.05, 0.1) is 4.90 Å². The fourth-order valence-corrected chi connectivity index (χ4v) is 4.84. The second-order valence-electron chi connectivity index (χ2n) is 6.30. The Balaban J connectivity index is 1.67. The Morgan fingerprint density at radius 3 is 2.48 bits per heavy atom. The molecule has 0 radical (unpaired) electrons. The van der Waals surface area contributed by atoms with E-state index in [9.17, 15) is 22.4 Å². The van der Waals surface area contributed by atoms with Crippen molar-refractivity contribution < 1.29 is 22.4 Å². The third-order valence-corrected chi connectivity index (χ3v) is 6.66. The summed E-state index contributed by atoms with van der Waals surface area (Å²) >= 11 is 0. The van der Waals surface area contributed by atoms with Gasteiger partial charge < -0.3 is 10.2 Å².